The van der Waals surface area contributed by atoms with Gasteiger partial charge >= 0.3 is 0 Å². The number of nitrogens with zero attached hydrogens (tertiary/aromatic N) is 1. The average molecular weight is 253 g/mol. The van der Waals surface area contributed by atoms with E-state index in [1.807, 2.05) is 0 Å². The second kappa shape index (κ2) is 7.25. The van der Waals surface area contributed by atoms with E-state index in [4.69, 9.17) is 5.11 Å². The lowest BCUT2D eigenvalue weighted by molar-refractivity contribution is -0.122. The number of ketones is 1. The molecule has 3 nitrogen and oxygen atoms in total. The highest BCUT2D eigenvalue weighted by Gasteiger charge is 2.37. The molecule has 2 rings (SSSR count). The van der Waals surface area contributed by atoms with Crippen LogP contribution in [0.3, 0.4) is 0 Å². The topological polar surface area (TPSA) is 40.5 Å². The first kappa shape index (κ1) is 14.0. The Kier molecular flexibility index (Phi) is 5.64. The van der Waals surface area contributed by atoms with Crippen LogP contribution in [0.15, 0.2) is 0 Å². The first-order valence-electron chi connectivity index (χ1n) is 7.70. The third-order valence-corrected chi connectivity index (χ3v) is 4.58. The Labute approximate surface area is 111 Å². The zero-order chi connectivity index (χ0) is 12.8. The van der Waals surface area contributed by atoms with Gasteiger partial charge in [0.05, 0.1) is 0 Å². The normalized spacial score (nSPS) is 29.3. The first-order valence-corrected chi connectivity index (χ1v) is 7.70. The van der Waals surface area contributed by atoms with Crippen molar-refractivity contribution in [2.75, 3.05) is 19.7 Å². The minimum Gasteiger partial charge on any atom is -0.396 e. The Morgan fingerprint density at radius 3 is 2.67 bits per heavy atom. The number of Topliss-reactive ketones (excluding diaryl/α,β-unsaturated/α-hetero) is 1. The van der Waals surface area contributed by atoms with Gasteiger partial charge in [-0.3, -0.25) is 9.69 Å². The number of carbonyl (C=O) groups is 1. The van der Waals surface area contributed by atoms with Crippen LogP contribution in [0.4, 0.5) is 0 Å². The van der Waals surface area contributed by atoms with Crippen molar-refractivity contribution in [3.05, 3.63) is 0 Å². The fourth-order valence-corrected chi connectivity index (χ4v) is 3.62. The minimum absolute atomic E-state index is 0.322. The molecule has 1 heterocycles. The number of aliphatic hydroxyl groups is 1. The maximum absolute atomic E-state index is 11.9. The van der Waals surface area contributed by atoms with Gasteiger partial charge in [-0.1, -0.05) is 12.8 Å². The van der Waals surface area contributed by atoms with E-state index in [0.717, 1.165) is 38.6 Å². The quantitative estimate of drug-likeness (QED) is 0.708. The van der Waals surface area contributed by atoms with Crippen molar-refractivity contribution in [3.8, 4) is 0 Å². The summed E-state index contributed by atoms with van der Waals surface area (Å²) in [6, 6.07) is 0.554. The Morgan fingerprint density at radius 2 is 1.94 bits per heavy atom. The van der Waals surface area contributed by atoms with Crippen molar-refractivity contribution in [2.24, 2.45) is 5.92 Å². The van der Waals surface area contributed by atoms with Gasteiger partial charge in [0.2, 0.25) is 0 Å². The minimum atomic E-state index is 0.322. The Hall–Kier alpha value is -0.410. The number of likely N-dealkylation sites (tertiary alicyclic amines) is 1. The summed E-state index contributed by atoms with van der Waals surface area (Å²) in [6.07, 6.45) is 10.1. The Morgan fingerprint density at radius 1 is 1.11 bits per heavy atom. The van der Waals surface area contributed by atoms with Crippen LogP contribution in [0.25, 0.3) is 0 Å². The Bertz CT molecular complexity index is 267. The molecular formula is C15H27NO2. The van der Waals surface area contributed by atoms with Crippen LogP contribution in [-0.4, -0.2) is 41.5 Å². The number of unbranched alkanes of at least 4 members (excludes halogenated alkanes) is 3. The summed E-state index contributed by atoms with van der Waals surface area (Å²) in [5.74, 6) is 0.872. The largest absolute Gasteiger partial charge is 0.396 e. The monoisotopic (exact) mass is 253 g/mol. The summed E-state index contributed by atoms with van der Waals surface area (Å²) in [4.78, 5) is 14.4. The molecule has 104 valence electrons. The Balaban J connectivity index is 1.72. The van der Waals surface area contributed by atoms with Gasteiger partial charge in [-0.15, -0.1) is 0 Å². The van der Waals surface area contributed by atoms with Gasteiger partial charge in [-0.25, -0.2) is 0 Å². The molecule has 1 saturated heterocycles. The molecule has 3 heteroatoms. The van der Waals surface area contributed by atoms with Crippen LogP contribution in [0.5, 0.6) is 0 Å². The molecule has 1 saturated carbocycles. The lowest BCUT2D eigenvalue weighted by Crippen LogP contribution is -2.38. The van der Waals surface area contributed by atoms with Crippen LogP contribution in [0.2, 0.25) is 0 Å². The molecule has 0 spiro atoms. The van der Waals surface area contributed by atoms with Gasteiger partial charge in [0, 0.05) is 25.0 Å². The van der Waals surface area contributed by atoms with Crippen LogP contribution in [0.1, 0.15) is 57.8 Å². The van der Waals surface area contributed by atoms with E-state index in [0.29, 0.717) is 24.3 Å². The van der Waals surface area contributed by atoms with Gasteiger partial charge in [0.15, 0.2) is 0 Å². The standard InChI is InChI=1S/C15H27NO2/c17-12-4-2-1-3-10-16-11-6-8-14(16)13-7-5-9-15(13)18/h13-14,17H,1-12H2. The summed E-state index contributed by atoms with van der Waals surface area (Å²) < 4.78 is 0. The van der Waals surface area contributed by atoms with Crippen molar-refractivity contribution in [1.29, 1.82) is 0 Å². The van der Waals surface area contributed by atoms with E-state index in [1.165, 1.54) is 32.2 Å². The maximum atomic E-state index is 11.9. The van der Waals surface area contributed by atoms with Gasteiger partial charge in [-0.05, 0) is 51.6 Å². The molecule has 2 aliphatic rings. The molecule has 0 aromatic carbocycles. The highest BCUT2D eigenvalue weighted by atomic mass is 16.2. The fraction of sp³-hybridized carbons (Fsp3) is 0.933. The van der Waals surface area contributed by atoms with Crippen LogP contribution >= 0.6 is 0 Å². The molecule has 1 aliphatic heterocycles. The molecule has 2 unspecified atom stereocenters. The van der Waals surface area contributed by atoms with Gasteiger partial charge in [-0.2, -0.15) is 0 Å². The molecule has 0 amide bonds. The van der Waals surface area contributed by atoms with Crippen molar-refractivity contribution in [3.63, 3.8) is 0 Å². The number of hydrogen-bond acceptors (Lipinski definition) is 3. The van der Waals surface area contributed by atoms with Crippen molar-refractivity contribution >= 4 is 5.78 Å². The molecule has 1 N–H and O–H groups in total. The van der Waals surface area contributed by atoms with Crippen LogP contribution in [0, 0.1) is 5.92 Å². The van der Waals surface area contributed by atoms with E-state index in [2.05, 4.69) is 4.90 Å². The van der Waals surface area contributed by atoms with E-state index >= 15 is 0 Å². The maximum Gasteiger partial charge on any atom is 0.137 e. The molecule has 0 aromatic rings. The number of rotatable bonds is 7. The van der Waals surface area contributed by atoms with E-state index in [-0.39, 0.29) is 0 Å². The molecule has 0 bridgehead atoms. The molecule has 2 fully saturated rings. The summed E-state index contributed by atoms with van der Waals surface area (Å²) in [5, 5.41) is 8.74. The lowest BCUT2D eigenvalue weighted by atomic mass is 9.95. The summed E-state index contributed by atoms with van der Waals surface area (Å²) in [7, 11) is 0. The highest BCUT2D eigenvalue weighted by Crippen LogP contribution is 2.33. The predicted octanol–water partition coefficient (Wildman–Crippen LogP) is 2.37. The highest BCUT2D eigenvalue weighted by molar-refractivity contribution is 5.83. The summed E-state index contributed by atoms with van der Waals surface area (Å²) in [6.45, 7) is 2.66. The summed E-state index contributed by atoms with van der Waals surface area (Å²) in [5.41, 5.74) is 0. The van der Waals surface area contributed by atoms with E-state index < -0.39 is 0 Å². The number of hydrogen-bond donors (Lipinski definition) is 1. The second-order valence-corrected chi connectivity index (χ2v) is 5.85. The van der Waals surface area contributed by atoms with Crippen molar-refractivity contribution in [2.45, 2.75) is 63.8 Å². The zero-order valence-corrected chi connectivity index (χ0v) is 11.4. The van der Waals surface area contributed by atoms with Gasteiger partial charge in [0.25, 0.3) is 0 Å². The predicted molar refractivity (Wildman–Crippen MR) is 72.5 cm³/mol. The van der Waals surface area contributed by atoms with Crippen molar-refractivity contribution < 1.29 is 9.90 Å². The molecule has 1 aliphatic carbocycles. The number of carbonyl (C=O) groups excluding carboxylic acids is 1. The van der Waals surface area contributed by atoms with Gasteiger partial charge < -0.3 is 5.11 Å². The van der Waals surface area contributed by atoms with Crippen LogP contribution < -0.4 is 0 Å². The fourth-order valence-electron chi connectivity index (χ4n) is 3.62. The van der Waals surface area contributed by atoms with Gasteiger partial charge in [0.1, 0.15) is 5.78 Å². The molecule has 0 radical (unpaired) electrons. The molecule has 0 aromatic heterocycles. The molecule has 18 heavy (non-hydrogen) atoms. The second-order valence-electron chi connectivity index (χ2n) is 5.85. The third-order valence-electron chi connectivity index (χ3n) is 4.58. The molecule has 2 atom stereocenters. The number of aliphatic hydroxyl groups excluding tert-OH is 1. The zero-order valence-electron chi connectivity index (χ0n) is 11.4. The smallest absolute Gasteiger partial charge is 0.137 e. The average Bonchev–Trinajstić information content (AvgIpc) is 2.97. The van der Waals surface area contributed by atoms with Crippen molar-refractivity contribution in [1.82, 2.24) is 4.90 Å². The SMILES string of the molecule is O=C1CCCC1C1CCCN1CCCCCCO. The lowest BCUT2D eigenvalue weighted by Gasteiger charge is -2.28. The third kappa shape index (κ3) is 3.55. The first-order chi connectivity index (χ1) is 8.83. The summed E-state index contributed by atoms with van der Waals surface area (Å²) >= 11 is 0. The molecular weight excluding hydrogens is 226 g/mol. The van der Waals surface area contributed by atoms with E-state index in [1.54, 1.807) is 0 Å². The van der Waals surface area contributed by atoms with Crippen LogP contribution in [-0.2, 0) is 4.79 Å². The van der Waals surface area contributed by atoms with E-state index in [9.17, 15) is 4.79 Å².